The summed E-state index contributed by atoms with van der Waals surface area (Å²) < 4.78 is 11.6. The smallest absolute Gasteiger partial charge is 0.292 e. The van der Waals surface area contributed by atoms with Gasteiger partial charge in [0.25, 0.3) is 11.8 Å². The van der Waals surface area contributed by atoms with Crippen LogP contribution < -0.4 is 0 Å². The molecule has 2 aromatic heterocycles. The van der Waals surface area contributed by atoms with Gasteiger partial charge < -0.3 is 19.0 Å². The van der Waals surface area contributed by atoms with E-state index in [0.717, 1.165) is 12.8 Å². The highest BCUT2D eigenvalue weighted by Crippen LogP contribution is 2.39. The number of hydrogen-bond donors (Lipinski definition) is 0. The Labute approximate surface area is 184 Å². The summed E-state index contributed by atoms with van der Waals surface area (Å²) in [4.78, 5) is 45.3. The summed E-state index contributed by atoms with van der Waals surface area (Å²) in [6.45, 7) is 2.52. The number of piperidine rings is 1. The maximum absolute atomic E-state index is 13.4. The Bertz CT molecular complexity index is 944. The second-order valence-electron chi connectivity index (χ2n) is 8.23. The SMILES string of the molecule is O=C(c1cccs1)N1CCC2(CC1)OCC(C(=O)N1CCCC1)N2C(=O)c1ccco1. The lowest BCUT2D eigenvalue weighted by Crippen LogP contribution is -2.60. The zero-order valence-corrected chi connectivity index (χ0v) is 18.0. The van der Waals surface area contributed by atoms with E-state index in [1.807, 2.05) is 22.4 Å². The van der Waals surface area contributed by atoms with Crippen LogP contribution in [0.25, 0.3) is 0 Å². The van der Waals surface area contributed by atoms with Gasteiger partial charge in [-0.1, -0.05) is 6.07 Å². The molecule has 9 heteroatoms. The van der Waals surface area contributed by atoms with Gasteiger partial charge >= 0.3 is 0 Å². The van der Waals surface area contributed by atoms with E-state index in [-0.39, 0.29) is 30.1 Å². The van der Waals surface area contributed by atoms with Crippen LogP contribution in [-0.4, -0.2) is 77.0 Å². The van der Waals surface area contributed by atoms with Crippen LogP contribution in [0, 0.1) is 0 Å². The number of carbonyl (C=O) groups is 3. The summed E-state index contributed by atoms with van der Waals surface area (Å²) in [7, 11) is 0. The van der Waals surface area contributed by atoms with Crippen LogP contribution in [0.5, 0.6) is 0 Å². The molecule has 0 bridgehead atoms. The normalized spacial score (nSPS) is 23.0. The third kappa shape index (κ3) is 3.55. The van der Waals surface area contributed by atoms with E-state index in [9.17, 15) is 14.4 Å². The molecule has 0 N–H and O–H groups in total. The molecule has 3 fully saturated rings. The molecule has 0 radical (unpaired) electrons. The highest BCUT2D eigenvalue weighted by Gasteiger charge is 2.55. The predicted molar refractivity (Wildman–Crippen MR) is 113 cm³/mol. The molecule has 8 nitrogen and oxygen atoms in total. The predicted octanol–water partition coefficient (Wildman–Crippen LogP) is 2.44. The van der Waals surface area contributed by atoms with Gasteiger partial charge in [0.05, 0.1) is 17.7 Å². The highest BCUT2D eigenvalue weighted by molar-refractivity contribution is 7.12. The van der Waals surface area contributed by atoms with Gasteiger partial charge in [-0.2, -0.15) is 0 Å². The van der Waals surface area contributed by atoms with Crippen molar-refractivity contribution in [2.45, 2.75) is 37.5 Å². The quantitative estimate of drug-likeness (QED) is 0.728. The molecule has 5 rings (SSSR count). The second kappa shape index (κ2) is 8.12. The summed E-state index contributed by atoms with van der Waals surface area (Å²) in [6.07, 6.45) is 4.34. The highest BCUT2D eigenvalue weighted by atomic mass is 32.1. The van der Waals surface area contributed by atoms with Gasteiger partial charge in [-0.3, -0.25) is 19.3 Å². The third-order valence-electron chi connectivity index (χ3n) is 6.48. The molecule has 1 atom stereocenters. The van der Waals surface area contributed by atoms with Crippen molar-refractivity contribution in [2.24, 2.45) is 0 Å². The number of furan rings is 1. The molecule has 0 aromatic carbocycles. The summed E-state index contributed by atoms with van der Waals surface area (Å²) in [5.41, 5.74) is -0.907. The van der Waals surface area contributed by atoms with Gasteiger partial charge in [-0.15, -0.1) is 11.3 Å². The van der Waals surface area contributed by atoms with Crippen molar-refractivity contribution in [3.63, 3.8) is 0 Å². The fourth-order valence-electron chi connectivity index (χ4n) is 4.84. The van der Waals surface area contributed by atoms with Crippen molar-refractivity contribution in [2.75, 3.05) is 32.8 Å². The molecule has 1 unspecified atom stereocenters. The molecule has 2 aromatic rings. The minimum Gasteiger partial charge on any atom is -0.459 e. The fourth-order valence-corrected chi connectivity index (χ4v) is 5.53. The maximum Gasteiger partial charge on any atom is 0.292 e. The second-order valence-corrected chi connectivity index (χ2v) is 9.18. The molecule has 31 heavy (non-hydrogen) atoms. The number of ether oxygens (including phenoxy) is 1. The first-order valence-electron chi connectivity index (χ1n) is 10.7. The van der Waals surface area contributed by atoms with Crippen molar-refractivity contribution < 1.29 is 23.5 Å². The molecule has 5 heterocycles. The topological polar surface area (TPSA) is 83.3 Å². The Morgan fingerprint density at radius 1 is 0.968 bits per heavy atom. The van der Waals surface area contributed by atoms with Crippen LogP contribution in [0.4, 0.5) is 0 Å². The Morgan fingerprint density at radius 2 is 1.74 bits per heavy atom. The minimum atomic E-state index is -0.907. The lowest BCUT2D eigenvalue weighted by atomic mass is 9.97. The van der Waals surface area contributed by atoms with E-state index < -0.39 is 11.8 Å². The zero-order valence-electron chi connectivity index (χ0n) is 17.2. The number of hydrogen-bond acceptors (Lipinski definition) is 6. The number of carbonyl (C=O) groups excluding carboxylic acids is 3. The van der Waals surface area contributed by atoms with Crippen molar-refractivity contribution in [1.82, 2.24) is 14.7 Å². The molecule has 3 amide bonds. The Balaban J connectivity index is 1.38. The fraction of sp³-hybridized carbons (Fsp3) is 0.500. The van der Waals surface area contributed by atoms with Gasteiger partial charge in [-0.05, 0) is 36.4 Å². The number of thiophene rings is 1. The maximum atomic E-state index is 13.4. The zero-order chi connectivity index (χ0) is 21.4. The lowest BCUT2D eigenvalue weighted by Gasteiger charge is -2.44. The largest absolute Gasteiger partial charge is 0.459 e. The molecule has 0 saturated carbocycles. The molecule has 1 spiro atoms. The van der Waals surface area contributed by atoms with Gasteiger partial charge in [0.2, 0.25) is 5.91 Å². The van der Waals surface area contributed by atoms with E-state index >= 15 is 0 Å². The minimum absolute atomic E-state index is 0.00329. The van der Waals surface area contributed by atoms with Crippen molar-refractivity contribution >= 4 is 29.1 Å². The van der Waals surface area contributed by atoms with Crippen LogP contribution in [0.15, 0.2) is 40.3 Å². The average Bonchev–Trinajstić information content (AvgIpc) is 3.60. The van der Waals surface area contributed by atoms with Gasteiger partial charge in [0.15, 0.2) is 5.76 Å². The molecule has 3 aliphatic heterocycles. The van der Waals surface area contributed by atoms with E-state index in [2.05, 4.69) is 0 Å². The molecular weight excluding hydrogens is 418 g/mol. The third-order valence-corrected chi connectivity index (χ3v) is 7.34. The Morgan fingerprint density at radius 3 is 2.39 bits per heavy atom. The molecule has 3 aliphatic rings. The van der Waals surface area contributed by atoms with Crippen LogP contribution in [0.1, 0.15) is 45.9 Å². The summed E-state index contributed by atoms with van der Waals surface area (Å²) >= 11 is 1.42. The first-order chi connectivity index (χ1) is 15.1. The molecule has 0 aliphatic carbocycles. The van der Waals surface area contributed by atoms with E-state index in [0.29, 0.717) is 43.9 Å². The number of rotatable bonds is 3. The van der Waals surface area contributed by atoms with Crippen LogP contribution in [0.3, 0.4) is 0 Å². The summed E-state index contributed by atoms with van der Waals surface area (Å²) in [6, 6.07) is 6.29. The summed E-state index contributed by atoms with van der Waals surface area (Å²) in [5.74, 6) is -0.206. The molecule has 3 saturated heterocycles. The van der Waals surface area contributed by atoms with Gasteiger partial charge in [-0.25, -0.2) is 0 Å². The van der Waals surface area contributed by atoms with Crippen molar-refractivity contribution in [1.29, 1.82) is 0 Å². The standard InChI is InChI=1S/C22H25N3O5S/c26-19(23-9-1-2-10-23)16-15-30-22(25(16)20(27)17-5-3-13-29-17)7-11-24(12-8-22)21(28)18-6-4-14-31-18/h3-6,13-14,16H,1-2,7-12,15H2. The Hall–Kier alpha value is -2.65. The van der Waals surface area contributed by atoms with Crippen LogP contribution >= 0.6 is 11.3 Å². The number of nitrogens with zero attached hydrogens (tertiary/aromatic N) is 3. The monoisotopic (exact) mass is 443 g/mol. The Kier molecular flexibility index (Phi) is 5.31. The van der Waals surface area contributed by atoms with E-state index in [1.54, 1.807) is 21.9 Å². The first kappa shape index (κ1) is 20.3. The molecular formula is C22H25N3O5S. The lowest BCUT2D eigenvalue weighted by molar-refractivity contribution is -0.136. The van der Waals surface area contributed by atoms with E-state index in [1.165, 1.54) is 17.6 Å². The van der Waals surface area contributed by atoms with Crippen LogP contribution in [-0.2, 0) is 9.53 Å². The van der Waals surface area contributed by atoms with Crippen molar-refractivity contribution in [3.05, 3.63) is 46.5 Å². The van der Waals surface area contributed by atoms with E-state index in [4.69, 9.17) is 9.15 Å². The molecule has 164 valence electrons. The average molecular weight is 444 g/mol. The number of likely N-dealkylation sites (tertiary alicyclic amines) is 2. The summed E-state index contributed by atoms with van der Waals surface area (Å²) in [5, 5.41) is 1.89. The van der Waals surface area contributed by atoms with Gasteiger partial charge in [0, 0.05) is 39.0 Å². The first-order valence-corrected chi connectivity index (χ1v) is 11.6. The van der Waals surface area contributed by atoms with Crippen molar-refractivity contribution in [3.8, 4) is 0 Å². The number of amides is 3. The van der Waals surface area contributed by atoms with Crippen LogP contribution in [0.2, 0.25) is 0 Å². The van der Waals surface area contributed by atoms with Gasteiger partial charge in [0.1, 0.15) is 11.8 Å².